The standard InChI is InChI=1S/C15H14ClN5/c1-11-7-8-12(9-14(11)16)17-10-15-18-19-20-21(15)13-5-3-2-4-6-13/h2-9,17H,10H2,1H3. The van der Waals surface area contributed by atoms with E-state index in [2.05, 4.69) is 20.8 Å². The van der Waals surface area contributed by atoms with Crippen molar-refractivity contribution in [2.75, 3.05) is 5.32 Å². The lowest BCUT2D eigenvalue weighted by Gasteiger charge is -2.08. The highest BCUT2D eigenvalue weighted by Crippen LogP contribution is 2.20. The highest BCUT2D eigenvalue weighted by atomic mass is 35.5. The van der Waals surface area contributed by atoms with Crippen molar-refractivity contribution < 1.29 is 0 Å². The summed E-state index contributed by atoms with van der Waals surface area (Å²) in [6.07, 6.45) is 0. The smallest absolute Gasteiger partial charge is 0.175 e. The SMILES string of the molecule is Cc1ccc(NCc2nnnn2-c2ccccc2)cc1Cl. The Hall–Kier alpha value is -2.40. The van der Waals surface area contributed by atoms with Crippen LogP contribution in [0.3, 0.4) is 0 Å². The molecule has 106 valence electrons. The van der Waals surface area contributed by atoms with Gasteiger partial charge < -0.3 is 5.32 Å². The van der Waals surface area contributed by atoms with Crippen molar-refractivity contribution in [2.45, 2.75) is 13.5 Å². The summed E-state index contributed by atoms with van der Waals surface area (Å²) in [6, 6.07) is 15.6. The highest BCUT2D eigenvalue weighted by Gasteiger charge is 2.07. The number of anilines is 1. The van der Waals surface area contributed by atoms with E-state index in [0.717, 1.165) is 27.8 Å². The molecule has 1 N–H and O–H groups in total. The summed E-state index contributed by atoms with van der Waals surface area (Å²) in [5.41, 5.74) is 2.92. The summed E-state index contributed by atoms with van der Waals surface area (Å²) in [4.78, 5) is 0. The van der Waals surface area contributed by atoms with Crippen LogP contribution in [-0.2, 0) is 6.54 Å². The largest absolute Gasteiger partial charge is 0.378 e. The van der Waals surface area contributed by atoms with E-state index in [1.54, 1.807) is 4.68 Å². The third-order valence-electron chi connectivity index (χ3n) is 3.16. The van der Waals surface area contributed by atoms with Crippen LogP contribution in [0.1, 0.15) is 11.4 Å². The molecular weight excluding hydrogens is 286 g/mol. The molecule has 0 aliphatic carbocycles. The topological polar surface area (TPSA) is 55.6 Å². The molecule has 3 aromatic rings. The van der Waals surface area contributed by atoms with Crippen LogP contribution in [0.5, 0.6) is 0 Å². The fourth-order valence-electron chi connectivity index (χ4n) is 1.97. The maximum absolute atomic E-state index is 6.12. The van der Waals surface area contributed by atoms with Crippen LogP contribution in [0.4, 0.5) is 5.69 Å². The Balaban J connectivity index is 1.77. The summed E-state index contributed by atoms with van der Waals surface area (Å²) in [5.74, 6) is 0.734. The monoisotopic (exact) mass is 299 g/mol. The van der Waals surface area contributed by atoms with Crippen LogP contribution in [0, 0.1) is 6.92 Å². The first kappa shape index (κ1) is 13.6. The molecule has 0 aliphatic heterocycles. The molecular formula is C15H14ClN5. The number of nitrogens with zero attached hydrogens (tertiary/aromatic N) is 4. The molecule has 0 aliphatic rings. The van der Waals surface area contributed by atoms with E-state index in [1.165, 1.54) is 0 Å². The second-order valence-electron chi connectivity index (χ2n) is 4.66. The van der Waals surface area contributed by atoms with Gasteiger partial charge in [0.2, 0.25) is 0 Å². The fraction of sp³-hybridized carbons (Fsp3) is 0.133. The van der Waals surface area contributed by atoms with Gasteiger partial charge in [-0.25, -0.2) is 0 Å². The molecule has 5 nitrogen and oxygen atoms in total. The predicted molar refractivity (Wildman–Crippen MR) is 82.7 cm³/mol. The van der Waals surface area contributed by atoms with Crippen molar-refractivity contribution in [3.63, 3.8) is 0 Å². The fourth-order valence-corrected chi connectivity index (χ4v) is 2.15. The Morgan fingerprint density at radius 3 is 2.71 bits per heavy atom. The lowest BCUT2D eigenvalue weighted by Crippen LogP contribution is -2.08. The zero-order valence-electron chi connectivity index (χ0n) is 11.5. The molecule has 1 aromatic heterocycles. The van der Waals surface area contributed by atoms with Crippen LogP contribution >= 0.6 is 11.6 Å². The molecule has 0 bridgehead atoms. The number of halogens is 1. The molecule has 21 heavy (non-hydrogen) atoms. The molecule has 0 saturated heterocycles. The molecule has 0 saturated carbocycles. The second-order valence-corrected chi connectivity index (χ2v) is 5.07. The Morgan fingerprint density at radius 2 is 1.95 bits per heavy atom. The van der Waals surface area contributed by atoms with Gasteiger partial charge in [0, 0.05) is 10.7 Å². The number of hydrogen-bond acceptors (Lipinski definition) is 4. The van der Waals surface area contributed by atoms with Crippen LogP contribution in [0.25, 0.3) is 5.69 Å². The van der Waals surface area contributed by atoms with Crippen molar-refractivity contribution in [1.82, 2.24) is 20.2 Å². The van der Waals surface area contributed by atoms with Gasteiger partial charge >= 0.3 is 0 Å². The molecule has 0 amide bonds. The number of benzene rings is 2. The van der Waals surface area contributed by atoms with Crippen LogP contribution in [0.15, 0.2) is 48.5 Å². The van der Waals surface area contributed by atoms with E-state index in [9.17, 15) is 0 Å². The van der Waals surface area contributed by atoms with Gasteiger partial charge in [0.15, 0.2) is 5.82 Å². The number of para-hydroxylation sites is 1. The van der Waals surface area contributed by atoms with Crippen LogP contribution < -0.4 is 5.32 Å². The number of nitrogens with one attached hydrogen (secondary N) is 1. The molecule has 2 aromatic carbocycles. The van der Waals surface area contributed by atoms with Crippen molar-refractivity contribution in [1.29, 1.82) is 0 Å². The van der Waals surface area contributed by atoms with Crippen LogP contribution in [-0.4, -0.2) is 20.2 Å². The summed E-state index contributed by atoms with van der Waals surface area (Å²) in [6.45, 7) is 2.49. The zero-order valence-corrected chi connectivity index (χ0v) is 12.2. The molecule has 1 heterocycles. The van der Waals surface area contributed by atoms with Crippen molar-refractivity contribution in [2.24, 2.45) is 0 Å². The quantitative estimate of drug-likeness (QED) is 0.803. The zero-order chi connectivity index (χ0) is 14.7. The summed E-state index contributed by atoms with van der Waals surface area (Å²) in [5, 5.41) is 15.8. The highest BCUT2D eigenvalue weighted by molar-refractivity contribution is 6.31. The third-order valence-corrected chi connectivity index (χ3v) is 3.56. The number of hydrogen-bond donors (Lipinski definition) is 1. The first-order valence-electron chi connectivity index (χ1n) is 6.57. The molecule has 0 atom stereocenters. The Labute approximate surface area is 127 Å². The number of rotatable bonds is 4. The minimum atomic E-state index is 0.515. The summed E-state index contributed by atoms with van der Waals surface area (Å²) >= 11 is 6.12. The average molecular weight is 300 g/mol. The third kappa shape index (κ3) is 3.03. The Bertz CT molecular complexity index is 739. The average Bonchev–Trinajstić information content (AvgIpc) is 2.98. The molecule has 0 fully saturated rings. The summed E-state index contributed by atoms with van der Waals surface area (Å²) in [7, 11) is 0. The van der Waals surface area contributed by atoms with Crippen molar-refractivity contribution in [3.05, 3.63) is 64.9 Å². The van der Waals surface area contributed by atoms with E-state index in [4.69, 9.17) is 11.6 Å². The van der Waals surface area contributed by atoms with E-state index in [1.807, 2.05) is 55.5 Å². The second kappa shape index (κ2) is 5.93. The van der Waals surface area contributed by atoms with Gasteiger partial charge in [-0.15, -0.1) is 5.10 Å². The number of aryl methyl sites for hydroxylation is 1. The number of tetrazole rings is 1. The minimum Gasteiger partial charge on any atom is -0.378 e. The summed E-state index contributed by atoms with van der Waals surface area (Å²) < 4.78 is 1.71. The van der Waals surface area contributed by atoms with Crippen molar-refractivity contribution in [3.8, 4) is 5.69 Å². The van der Waals surface area contributed by atoms with E-state index >= 15 is 0 Å². The molecule has 3 rings (SSSR count). The van der Waals surface area contributed by atoms with Gasteiger partial charge in [0.1, 0.15) is 0 Å². The number of aromatic nitrogens is 4. The van der Waals surface area contributed by atoms with Crippen LogP contribution in [0.2, 0.25) is 5.02 Å². The van der Waals surface area contributed by atoms with Gasteiger partial charge in [-0.2, -0.15) is 4.68 Å². The normalized spacial score (nSPS) is 10.6. The Kier molecular flexibility index (Phi) is 3.83. The van der Waals surface area contributed by atoms with Gasteiger partial charge in [0.25, 0.3) is 0 Å². The van der Waals surface area contributed by atoms with E-state index < -0.39 is 0 Å². The van der Waals surface area contributed by atoms with E-state index in [0.29, 0.717) is 6.54 Å². The van der Waals surface area contributed by atoms with Gasteiger partial charge in [-0.3, -0.25) is 0 Å². The first-order chi connectivity index (χ1) is 10.2. The van der Waals surface area contributed by atoms with Crippen molar-refractivity contribution >= 4 is 17.3 Å². The Morgan fingerprint density at radius 1 is 1.14 bits per heavy atom. The maximum atomic E-state index is 6.12. The lowest BCUT2D eigenvalue weighted by atomic mass is 10.2. The molecule has 6 heteroatoms. The first-order valence-corrected chi connectivity index (χ1v) is 6.94. The van der Waals surface area contributed by atoms with Gasteiger partial charge in [0.05, 0.1) is 12.2 Å². The lowest BCUT2D eigenvalue weighted by molar-refractivity contribution is 0.768. The minimum absolute atomic E-state index is 0.515. The maximum Gasteiger partial charge on any atom is 0.175 e. The van der Waals surface area contributed by atoms with E-state index in [-0.39, 0.29) is 0 Å². The predicted octanol–water partition coefficient (Wildman–Crippen LogP) is 3.24. The molecule has 0 unspecified atom stereocenters. The van der Waals surface area contributed by atoms with Gasteiger partial charge in [-0.1, -0.05) is 35.9 Å². The molecule has 0 spiro atoms. The molecule has 0 radical (unpaired) electrons. The van der Waals surface area contributed by atoms with Gasteiger partial charge in [-0.05, 0) is 47.2 Å².